The Morgan fingerprint density at radius 2 is 2.05 bits per heavy atom. The Morgan fingerprint density at radius 1 is 1.25 bits per heavy atom. The van der Waals surface area contributed by atoms with E-state index in [1.54, 1.807) is 43.5 Å². The predicted octanol–water partition coefficient (Wildman–Crippen LogP) is 1.66. The lowest BCUT2D eigenvalue weighted by molar-refractivity contribution is 0.0526. The van der Waals surface area contributed by atoms with Gasteiger partial charge in [0.15, 0.2) is 0 Å². The van der Waals surface area contributed by atoms with Gasteiger partial charge in [-0.25, -0.2) is 4.79 Å². The van der Waals surface area contributed by atoms with Gasteiger partial charge in [0, 0.05) is 18.0 Å². The first-order valence-corrected chi connectivity index (χ1v) is 6.33. The lowest BCUT2D eigenvalue weighted by Crippen LogP contribution is -2.20. The van der Waals surface area contributed by atoms with Crippen LogP contribution >= 0.6 is 0 Å². The summed E-state index contributed by atoms with van der Waals surface area (Å²) in [5.41, 5.74) is 7.06. The molecule has 0 fully saturated rings. The SMILES string of the molecule is CCOC(=O)c1c(N)cccc1Cn1ccccc1=O. The van der Waals surface area contributed by atoms with Gasteiger partial charge in [-0.05, 0) is 24.6 Å². The molecule has 0 aliphatic carbocycles. The monoisotopic (exact) mass is 272 g/mol. The summed E-state index contributed by atoms with van der Waals surface area (Å²) in [6.07, 6.45) is 1.67. The zero-order chi connectivity index (χ0) is 14.5. The molecule has 20 heavy (non-hydrogen) atoms. The Bertz CT molecular complexity index is 677. The third-order valence-corrected chi connectivity index (χ3v) is 2.90. The molecule has 0 bridgehead atoms. The molecule has 0 saturated carbocycles. The average molecular weight is 272 g/mol. The lowest BCUT2D eigenvalue weighted by Gasteiger charge is -2.12. The van der Waals surface area contributed by atoms with Crippen LogP contribution in [0.2, 0.25) is 0 Å². The van der Waals surface area contributed by atoms with E-state index in [9.17, 15) is 9.59 Å². The molecule has 5 heteroatoms. The topological polar surface area (TPSA) is 74.3 Å². The van der Waals surface area contributed by atoms with Gasteiger partial charge in [-0.3, -0.25) is 4.79 Å². The molecule has 1 aromatic carbocycles. The number of carbonyl (C=O) groups is 1. The van der Waals surface area contributed by atoms with Crippen LogP contribution in [0.5, 0.6) is 0 Å². The zero-order valence-corrected chi connectivity index (χ0v) is 11.2. The first kappa shape index (κ1) is 13.9. The molecule has 2 aromatic rings. The van der Waals surface area contributed by atoms with Gasteiger partial charge in [0.25, 0.3) is 5.56 Å². The van der Waals surface area contributed by atoms with Crippen LogP contribution < -0.4 is 11.3 Å². The molecule has 1 heterocycles. The van der Waals surface area contributed by atoms with Crippen molar-refractivity contribution in [1.82, 2.24) is 4.57 Å². The van der Waals surface area contributed by atoms with Crippen molar-refractivity contribution in [2.24, 2.45) is 0 Å². The molecular formula is C15H16N2O3. The van der Waals surface area contributed by atoms with E-state index in [1.807, 2.05) is 0 Å². The van der Waals surface area contributed by atoms with Crippen LogP contribution in [0.4, 0.5) is 5.69 Å². The number of anilines is 1. The van der Waals surface area contributed by atoms with Gasteiger partial charge in [0.05, 0.1) is 18.7 Å². The Balaban J connectivity index is 2.42. The van der Waals surface area contributed by atoms with Gasteiger partial charge < -0.3 is 15.0 Å². The van der Waals surface area contributed by atoms with Gasteiger partial charge in [0.2, 0.25) is 0 Å². The maximum absolute atomic E-state index is 12.0. The number of nitrogens with two attached hydrogens (primary N) is 1. The molecule has 0 aliphatic rings. The summed E-state index contributed by atoms with van der Waals surface area (Å²) >= 11 is 0. The van der Waals surface area contributed by atoms with Gasteiger partial charge in [-0.1, -0.05) is 18.2 Å². The molecule has 5 nitrogen and oxygen atoms in total. The van der Waals surface area contributed by atoms with E-state index in [2.05, 4.69) is 0 Å². The van der Waals surface area contributed by atoms with Crippen molar-refractivity contribution in [2.75, 3.05) is 12.3 Å². The summed E-state index contributed by atoms with van der Waals surface area (Å²) in [6, 6.07) is 10.1. The second-order valence-corrected chi connectivity index (χ2v) is 4.27. The number of ether oxygens (including phenoxy) is 1. The fourth-order valence-corrected chi connectivity index (χ4v) is 1.98. The minimum Gasteiger partial charge on any atom is -0.462 e. The average Bonchev–Trinajstić information content (AvgIpc) is 2.42. The van der Waals surface area contributed by atoms with Crippen molar-refractivity contribution in [3.05, 3.63) is 64.1 Å². The van der Waals surface area contributed by atoms with Crippen LogP contribution in [-0.4, -0.2) is 17.1 Å². The van der Waals surface area contributed by atoms with Crippen LogP contribution in [-0.2, 0) is 11.3 Å². The van der Waals surface area contributed by atoms with Crippen molar-refractivity contribution >= 4 is 11.7 Å². The highest BCUT2D eigenvalue weighted by atomic mass is 16.5. The zero-order valence-electron chi connectivity index (χ0n) is 11.2. The number of hydrogen-bond donors (Lipinski definition) is 1. The number of benzene rings is 1. The standard InChI is InChI=1S/C15H16N2O3/c1-2-20-15(19)14-11(6-5-7-12(14)16)10-17-9-4-3-8-13(17)18/h3-9H,2,10,16H2,1H3. The second kappa shape index (κ2) is 6.06. The number of pyridine rings is 1. The molecule has 2 N–H and O–H groups in total. The third kappa shape index (κ3) is 2.88. The summed E-state index contributed by atoms with van der Waals surface area (Å²) in [5.74, 6) is -0.468. The van der Waals surface area contributed by atoms with E-state index in [0.29, 0.717) is 16.8 Å². The first-order chi connectivity index (χ1) is 9.63. The highest BCUT2D eigenvalue weighted by molar-refractivity contribution is 5.96. The Hall–Kier alpha value is -2.56. The normalized spacial score (nSPS) is 10.2. The van der Waals surface area contributed by atoms with E-state index < -0.39 is 5.97 Å². The molecule has 0 unspecified atom stereocenters. The van der Waals surface area contributed by atoms with Crippen LogP contribution in [0.3, 0.4) is 0 Å². The largest absolute Gasteiger partial charge is 0.462 e. The van der Waals surface area contributed by atoms with Gasteiger partial charge in [-0.15, -0.1) is 0 Å². The number of nitrogen functional groups attached to an aromatic ring is 1. The van der Waals surface area contributed by atoms with Crippen molar-refractivity contribution in [3.8, 4) is 0 Å². The van der Waals surface area contributed by atoms with Crippen molar-refractivity contribution < 1.29 is 9.53 Å². The molecular weight excluding hydrogens is 256 g/mol. The molecule has 0 atom stereocenters. The molecule has 1 aromatic heterocycles. The first-order valence-electron chi connectivity index (χ1n) is 6.33. The quantitative estimate of drug-likeness (QED) is 0.678. The van der Waals surface area contributed by atoms with E-state index in [-0.39, 0.29) is 18.7 Å². The van der Waals surface area contributed by atoms with Crippen molar-refractivity contribution in [3.63, 3.8) is 0 Å². The minimum absolute atomic E-state index is 0.135. The lowest BCUT2D eigenvalue weighted by atomic mass is 10.1. The van der Waals surface area contributed by atoms with Crippen molar-refractivity contribution in [2.45, 2.75) is 13.5 Å². The Kier molecular flexibility index (Phi) is 4.20. The van der Waals surface area contributed by atoms with Gasteiger partial charge in [-0.2, -0.15) is 0 Å². The molecule has 0 aliphatic heterocycles. The summed E-state index contributed by atoms with van der Waals surface area (Å²) in [7, 11) is 0. The Labute approximate surface area is 116 Å². The number of rotatable bonds is 4. The second-order valence-electron chi connectivity index (χ2n) is 4.27. The Morgan fingerprint density at radius 3 is 2.75 bits per heavy atom. The fraction of sp³-hybridized carbons (Fsp3) is 0.200. The number of aromatic nitrogens is 1. The summed E-state index contributed by atoms with van der Waals surface area (Å²) in [5, 5.41) is 0. The van der Waals surface area contributed by atoms with E-state index >= 15 is 0 Å². The third-order valence-electron chi connectivity index (χ3n) is 2.90. The molecule has 0 amide bonds. The highest BCUT2D eigenvalue weighted by Crippen LogP contribution is 2.19. The maximum Gasteiger partial charge on any atom is 0.340 e. The summed E-state index contributed by atoms with van der Waals surface area (Å²) in [6.45, 7) is 2.29. The predicted molar refractivity (Wildman–Crippen MR) is 76.6 cm³/mol. The van der Waals surface area contributed by atoms with Crippen LogP contribution in [0.15, 0.2) is 47.4 Å². The van der Waals surface area contributed by atoms with E-state index in [0.717, 1.165) is 0 Å². The van der Waals surface area contributed by atoms with Gasteiger partial charge >= 0.3 is 5.97 Å². The molecule has 104 valence electrons. The molecule has 0 radical (unpaired) electrons. The molecule has 0 spiro atoms. The van der Waals surface area contributed by atoms with E-state index in [4.69, 9.17) is 10.5 Å². The number of hydrogen-bond acceptors (Lipinski definition) is 4. The van der Waals surface area contributed by atoms with Crippen LogP contribution in [0.25, 0.3) is 0 Å². The fourth-order valence-electron chi connectivity index (χ4n) is 1.98. The number of nitrogens with zero attached hydrogens (tertiary/aromatic N) is 1. The van der Waals surface area contributed by atoms with Gasteiger partial charge in [0.1, 0.15) is 0 Å². The smallest absolute Gasteiger partial charge is 0.340 e. The van der Waals surface area contributed by atoms with Crippen molar-refractivity contribution in [1.29, 1.82) is 0 Å². The number of esters is 1. The highest BCUT2D eigenvalue weighted by Gasteiger charge is 2.16. The maximum atomic E-state index is 12.0. The van der Waals surface area contributed by atoms with Crippen LogP contribution in [0, 0.1) is 0 Å². The summed E-state index contributed by atoms with van der Waals surface area (Å²) in [4.78, 5) is 23.7. The summed E-state index contributed by atoms with van der Waals surface area (Å²) < 4.78 is 6.52. The molecule has 0 saturated heterocycles. The van der Waals surface area contributed by atoms with E-state index in [1.165, 1.54) is 10.6 Å². The molecule has 2 rings (SSSR count). The minimum atomic E-state index is -0.468. The number of carbonyl (C=O) groups excluding carboxylic acids is 1. The van der Waals surface area contributed by atoms with Crippen LogP contribution in [0.1, 0.15) is 22.8 Å².